The van der Waals surface area contributed by atoms with Crippen LogP contribution in [0.3, 0.4) is 0 Å². The molecule has 32 heavy (non-hydrogen) atoms. The van der Waals surface area contributed by atoms with Gasteiger partial charge in [0.15, 0.2) is 0 Å². The molecule has 0 heterocycles. The van der Waals surface area contributed by atoms with E-state index in [1.54, 1.807) is 0 Å². The first-order chi connectivity index (χ1) is 14.8. The number of rotatable bonds is 21. The molecule has 0 bridgehead atoms. The first kappa shape index (κ1) is 33.8. The Morgan fingerprint density at radius 1 is 0.656 bits per heavy atom. The van der Waals surface area contributed by atoms with Crippen molar-refractivity contribution in [1.82, 2.24) is 0 Å². The summed E-state index contributed by atoms with van der Waals surface area (Å²) >= 11 is 0. The molecule has 182 valence electrons. The Morgan fingerprint density at radius 3 is 1.38 bits per heavy atom. The zero-order valence-corrected chi connectivity index (χ0v) is 23.0. The van der Waals surface area contributed by atoms with Gasteiger partial charge in [-0.05, 0) is 12.8 Å². The minimum Gasteiger partial charge on any atom is -0.748 e. The van der Waals surface area contributed by atoms with Crippen LogP contribution < -0.4 is 29.6 Å². The van der Waals surface area contributed by atoms with Crippen LogP contribution in [0.25, 0.3) is 0 Å². The maximum atomic E-state index is 11.5. The van der Waals surface area contributed by atoms with Gasteiger partial charge in [0.25, 0.3) is 0 Å². The standard InChI is InChI=1S/C23H42O7S.Na/c1-2-3-4-5-6-7-8-9-10-11-12-13-14-15-19-29-22(24)17-18-23(25)30-20-16-21-31(26,27)28;/h17-18H,2-16,19-21H2,1H3,(H,26,27,28);/q;+1/p-1/b18-17-;. The molecule has 0 unspecified atom stereocenters. The SMILES string of the molecule is CCCCCCCCCCCCCCCCOC(=O)/C=C\C(=O)OCCCS(=O)(=O)[O-].[Na+]. The second-order valence-electron chi connectivity index (χ2n) is 7.88. The molecule has 0 aliphatic heterocycles. The minimum atomic E-state index is -4.31. The molecular weight excluding hydrogens is 443 g/mol. The van der Waals surface area contributed by atoms with Crippen LogP contribution in [0.2, 0.25) is 0 Å². The van der Waals surface area contributed by atoms with E-state index in [0.717, 1.165) is 31.4 Å². The zero-order chi connectivity index (χ0) is 23.2. The molecule has 0 fully saturated rings. The Kier molecular flexibility index (Phi) is 25.0. The van der Waals surface area contributed by atoms with Crippen molar-refractivity contribution in [2.75, 3.05) is 19.0 Å². The van der Waals surface area contributed by atoms with Crippen LogP contribution in [-0.4, -0.2) is 43.9 Å². The van der Waals surface area contributed by atoms with Gasteiger partial charge in [-0.1, -0.05) is 90.4 Å². The van der Waals surface area contributed by atoms with Gasteiger partial charge in [-0.2, -0.15) is 0 Å². The van der Waals surface area contributed by atoms with Crippen LogP contribution in [0, 0.1) is 0 Å². The summed E-state index contributed by atoms with van der Waals surface area (Å²) in [5.41, 5.74) is 0. The Morgan fingerprint density at radius 2 is 1.00 bits per heavy atom. The number of esters is 2. The van der Waals surface area contributed by atoms with E-state index >= 15 is 0 Å². The molecule has 0 aromatic carbocycles. The van der Waals surface area contributed by atoms with Crippen LogP contribution in [0.1, 0.15) is 103 Å². The largest absolute Gasteiger partial charge is 1.00 e. The van der Waals surface area contributed by atoms with Crippen molar-refractivity contribution in [2.45, 2.75) is 103 Å². The molecule has 0 aliphatic carbocycles. The molecule has 0 amide bonds. The predicted molar refractivity (Wildman–Crippen MR) is 121 cm³/mol. The van der Waals surface area contributed by atoms with Crippen LogP contribution in [-0.2, 0) is 29.2 Å². The van der Waals surface area contributed by atoms with E-state index in [2.05, 4.69) is 11.7 Å². The summed E-state index contributed by atoms with van der Waals surface area (Å²) < 4.78 is 40.9. The molecule has 7 nitrogen and oxygen atoms in total. The summed E-state index contributed by atoms with van der Waals surface area (Å²) in [6.07, 6.45) is 19.4. The van der Waals surface area contributed by atoms with Gasteiger partial charge < -0.3 is 14.0 Å². The molecule has 0 rings (SSSR count). The molecular formula is C23H41NaO7S. The van der Waals surface area contributed by atoms with Gasteiger partial charge in [-0.25, -0.2) is 18.0 Å². The smallest absolute Gasteiger partial charge is 0.748 e. The quantitative estimate of drug-likeness (QED) is 0.0806. The minimum absolute atomic E-state index is 0. The number of carbonyl (C=O) groups is 2. The number of hydrogen-bond donors (Lipinski definition) is 0. The Balaban J connectivity index is 0. The van der Waals surface area contributed by atoms with Crippen molar-refractivity contribution in [1.29, 1.82) is 0 Å². The average molecular weight is 485 g/mol. The van der Waals surface area contributed by atoms with Crippen LogP contribution in [0.4, 0.5) is 0 Å². The molecule has 9 heteroatoms. The van der Waals surface area contributed by atoms with E-state index in [0.29, 0.717) is 6.61 Å². The fraction of sp³-hybridized carbons (Fsp3) is 0.826. The third kappa shape index (κ3) is 27.6. The van der Waals surface area contributed by atoms with Gasteiger partial charge in [-0.3, -0.25) is 0 Å². The third-order valence-electron chi connectivity index (χ3n) is 4.88. The van der Waals surface area contributed by atoms with Crippen molar-refractivity contribution in [3.63, 3.8) is 0 Å². The topological polar surface area (TPSA) is 110 Å². The average Bonchev–Trinajstić information content (AvgIpc) is 2.71. The van der Waals surface area contributed by atoms with Gasteiger partial charge in [0.1, 0.15) is 0 Å². The van der Waals surface area contributed by atoms with E-state index < -0.39 is 27.8 Å². The molecule has 0 saturated carbocycles. The number of carbonyl (C=O) groups excluding carboxylic acids is 2. The normalized spacial score (nSPS) is 11.3. The van der Waals surface area contributed by atoms with Crippen LogP contribution in [0.5, 0.6) is 0 Å². The molecule has 0 atom stereocenters. The first-order valence-electron chi connectivity index (χ1n) is 11.8. The fourth-order valence-corrected chi connectivity index (χ4v) is 3.58. The predicted octanol–water partition coefficient (Wildman–Crippen LogP) is 2.05. The molecule has 0 aromatic rings. The van der Waals surface area contributed by atoms with Crippen LogP contribution in [0.15, 0.2) is 12.2 Å². The van der Waals surface area contributed by atoms with E-state index in [4.69, 9.17) is 4.74 Å². The van der Waals surface area contributed by atoms with E-state index in [1.807, 2.05) is 0 Å². The van der Waals surface area contributed by atoms with Gasteiger partial charge in [0.05, 0.1) is 23.3 Å². The first-order valence-corrected chi connectivity index (χ1v) is 13.4. The second-order valence-corrected chi connectivity index (χ2v) is 9.40. The molecule has 0 N–H and O–H groups in total. The summed E-state index contributed by atoms with van der Waals surface area (Å²) in [7, 11) is -4.31. The van der Waals surface area contributed by atoms with Crippen molar-refractivity contribution in [3.8, 4) is 0 Å². The maximum absolute atomic E-state index is 11.5. The Hall–Kier alpha value is -0.410. The van der Waals surface area contributed by atoms with Crippen molar-refractivity contribution >= 4 is 22.1 Å². The molecule has 0 saturated heterocycles. The molecule has 0 aliphatic rings. The second kappa shape index (κ2) is 23.7. The Bertz CT molecular complexity index is 591. The molecule has 0 spiro atoms. The Labute approximate surface area is 217 Å². The monoisotopic (exact) mass is 484 g/mol. The zero-order valence-electron chi connectivity index (χ0n) is 20.1. The number of unbranched alkanes of at least 4 members (excludes halogenated alkanes) is 13. The number of hydrogen-bond acceptors (Lipinski definition) is 7. The van der Waals surface area contributed by atoms with Crippen molar-refractivity contribution < 1.29 is 61.6 Å². The van der Waals surface area contributed by atoms with Gasteiger partial charge in [0.2, 0.25) is 0 Å². The summed E-state index contributed by atoms with van der Waals surface area (Å²) in [4.78, 5) is 22.8. The van der Waals surface area contributed by atoms with Gasteiger partial charge in [0, 0.05) is 17.9 Å². The third-order valence-corrected chi connectivity index (χ3v) is 5.67. The molecule has 0 radical (unpaired) electrons. The van der Waals surface area contributed by atoms with E-state index in [-0.39, 0.29) is 42.6 Å². The summed E-state index contributed by atoms with van der Waals surface area (Å²) in [6.45, 7) is 2.37. The maximum Gasteiger partial charge on any atom is 1.00 e. The van der Waals surface area contributed by atoms with Crippen molar-refractivity contribution in [2.24, 2.45) is 0 Å². The van der Waals surface area contributed by atoms with E-state index in [9.17, 15) is 22.6 Å². The summed E-state index contributed by atoms with van der Waals surface area (Å²) in [5.74, 6) is -1.99. The van der Waals surface area contributed by atoms with E-state index in [1.165, 1.54) is 70.6 Å². The van der Waals surface area contributed by atoms with Gasteiger partial charge >= 0.3 is 41.5 Å². The van der Waals surface area contributed by atoms with Crippen molar-refractivity contribution in [3.05, 3.63) is 12.2 Å². The summed E-state index contributed by atoms with van der Waals surface area (Å²) in [5, 5.41) is 0. The van der Waals surface area contributed by atoms with Gasteiger partial charge in [-0.15, -0.1) is 0 Å². The summed E-state index contributed by atoms with van der Waals surface area (Å²) in [6, 6.07) is 0. The van der Waals surface area contributed by atoms with Crippen LogP contribution >= 0.6 is 0 Å². The molecule has 0 aromatic heterocycles. The number of ether oxygens (including phenoxy) is 2. The fourth-order valence-electron chi connectivity index (χ4n) is 3.11.